The molecule has 0 fully saturated rings. The molecular formula is C18H18Cl2N2O7S. The number of nitro groups is 1. The zero-order valence-electron chi connectivity index (χ0n) is 16.2. The van der Waals surface area contributed by atoms with Crippen molar-refractivity contribution in [3.63, 3.8) is 0 Å². The van der Waals surface area contributed by atoms with Crippen molar-refractivity contribution in [2.75, 3.05) is 18.0 Å². The third-order valence-corrected chi connectivity index (χ3v) is 6.22. The van der Waals surface area contributed by atoms with E-state index >= 15 is 0 Å². The molecule has 0 aliphatic heterocycles. The van der Waals surface area contributed by atoms with E-state index in [2.05, 4.69) is 0 Å². The van der Waals surface area contributed by atoms with Gasteiger partial charge in [-0.1, -0.05) is 23.2 Å². The fraction of sp³-hybridized carbons (Fsp3) is 0.278. The van der Waals surface area contributed by atoms with E-state index < -0.39 is 39.3 Å². The number of sulfonamides is 1. The number of carbonyl (C=O) groups is 1. The maximum Gasteiger partial charge on any atom is 0.327 e. The number of benzene rings is 2. The molecule has 2 rings (SSSR count). The number of nitrogens with zero attached hydrogens (tertiary/aromatic N) is 2. The van der Waals surface area contributed by atoms with E-state index in [-0.39, 0.29) is 26.4 Å². The Labute approximate surface area is 183 Å². The number of hydrogen-bond acceptors (Lipinski definition) is 7. The molecule has 0 aliphatic rings. The van der Waals surface area contributed by atoms with Gasteiger partial charge in [0, 0.05) is 17.2 Å². The Morgan fingerprint density at radius 2 is 1.87 bits per heavy atom. The van der Waals surface area contributed by atoms with Crippen molar-refractivity contribution < 1.29 is 27.6 Å². The summed E-state index contributed by atoms with van der Waals surface area (Å²) in [6.45, 7) is 2.41. The Bertz CT molecular complexity index is 1070. The molecule has 0 bridgehead atoms. The predicted octanol–water partition coefficient (Wildman–Crippen LogP) is 4.06. The minimum atomic E-state index is -4.50. The Balaban J connectivity index is 2.72. The first kappa shape index (κ1) is 23.7. The molecule has 2 aromatic rings. The van der Waals surface area contributed by atoms with Crippen molar-refractivity contribution in [1.82, 2.24) is 0 Å². The van der Waals surface area contributed by atoms with Gasteiger partial charge in [-0.3, -0.25) is 19.2 Å². The third-order valence-electron chi connectivity index (χ3n) is 3.74. The van der Waals surface area contributed by atoms with Gasteiger partial charge in [0.15, 0.2) is 0 Å². The van der Waals surface area contributed by atoms with Crippen LogP contribution in [-0.2, 0) is 19.6 Å². The molecule has 9 nitrogen and oxygen atoms in total. The number of anilines is 1. The van der Waals surface area contributed by atoms with Crippen LogP contribution in [0.2, 0.25) is 10.0 Å². The van der Waals surface area contributed by atoms with Crippen LogP contribution in [0, 0.1) is 10.1 Å². The molecule has 0 atom stereocenters. The number of esters is 1. The van der Waals surface area contributed by atoms with Crippen LogP contribution in [0.4, 0.5) is 11.4 Å². The van der Waals surface area contributed by atoms with Crippen LogP contribution in [0.15, 0.2) is 41.3 Å². The van der Waals surface area contributed by atoms with E-state index in [1.165, 1.54) is 25.3 Å². The van der Waals surface area contributed by atoms with Crippen molar-refractivity contribution in [2.24, 2.45) is 0 Å². The second-order valence-corrected chi connectivity index (χ2v) is 8.91. The van der Waals surface area contributed by atoms with Gasteiger partial charge in [0.05, 0.1) is 23.2 Å². The lowest BCUT2D eigenvalue weighted by Gasteiger charge is -2.26. The summed E-state index contributed by atoms with van der Waals surface area (Å²) in [5.74, 6) is -0.889. The third kappa shape index (κ3) is 5.32. The number of methoxy groups -OCH3 is 1. The quantitative estimate of drug-likeness (QED) is 0.320. The van der Waals surface area contributed by atoms with E-state index in [0.29, 0.717) is 4.31 Å². The van der Waals surface area contributed by atoms with Gasteiger partial charge in [-0.15, -0.1) is 0 Å². The summed E-state index contributed by atoms with van der Waals surface area (Å²) in [6, 6.07) is 7.15. The minimum Gasteiger partial charge on any atom is -0.495 e. The van der Waals surface area contributed by atoms with Gasteiger partial charge < -0.3 is 9.47 Å². The number of hydrogen-bond donors (Lipinski definition) is 0. The van der Waals surface area contributed by atoms with Crippen molar-refractivity contribution >= 4 is 50.6 Å². The number of halogens is 2. The molecule has 0 radical (unpaired) electrons. The van der Waals surface area contributed by atoms with Crippen LogP contribution in [-0.4, -0.2) is 39.1 Å². The van der Waals surface area contributed by atoms with Crippen LogP contribution < -0.4 is 9.04 Å². The summed E-state index contributed by atoms with van der Waals surface area (Å²) in [5, 5.41) is 11.2. The first-order valence-corrected chi connectivity index (χ1v) is 10.7. The first-order chi connectivity index (χ1) is 14.0. The number of ether oxygens (including phenoxy) is 2. The highest BCUT2D eigenvalue weighted by molar-refractivity contribution is 7.93. The average Bonchev–Trinajstić information content (AvgIpc) is 2.66. The lowest BCUT2D eigenvalue weighted by molar-refractivity contribution is -0.384. The number of rotatable bonds is 8. The molecule has 0 saturated heterocycles. The standard InChI is InChI=1S/C18H18Cl2N2O7S/c1-11(2)29-18(23)10-21(15-9-13(22(24)25)5-7-16(15)28-3)30(26,27)17-8-12(19)4-6-14(17)20/h4-9,11H,10H2,1-3H3. The Morgan fingerprint density at radius 1 is 1.20 bits per heavy atom. The molecule has 0 aromatic heterocycles. The molecule has 30 heavy (non-hydrogen) atoms. The largest absolute Gasteiger partial charge is 0.495 e. The zero-order valence-corrected chi connectivity index (χ0v) is 18.5. The molecule has 0 N–H and O–H groups in total. The summed E-state index contributed by atoms with van der Waals surface area (Å²) >= 11 is 12.0. The molecule has 162 valence electrons. The summed E-state index contributed by atoms with van der Waals surface area (Å²) in [6.07, 6.45) is -0.510. The molecule has 0 saturated carbocycles. The second kappa shape index (κ2) is 9.50. The second-order valence-electron chi connectivity index (χ2n) is 6.24. The van der Waals surface area contributed by atoms with Crippen LogP contribution >= 0.6 is 23.2 Å². The lowest BCUT2D eigenvalue weighted by Crippen LogP contribution is -2.37. The van der Waals surface area contributed by atoms with Gasteiger partial charge in [-0.05, 0) is 38.1 Å². The monoisotopic (exact) mass is 476 g/mol. The van der Waals surface area contributed by atoms with Gasteiger partial charge in [0.25, 0.3) is 15.7 Å². The highest BCUT2D eigenvalue weighted by Crippen LogP contribution is 2.37. The Morgan fingerprint density at radius 3 is 2.43 bits per heavy atom. The summed E-state index contributed by atoms with van der Waals surface area (Å²) in [5.41, 5.74) is -0.635. The van der Waals surface area contributed by atoms with Crippen LogP contribution in [0.3, 0.4) is 0 Å². The molecule has 0 spiro atoms. The zero-order chi connectivity index (χ0) is 22.6. The summed E-state index contributed by atoms with van der Waals surface area (Å²) in [4.78, 5) is 22.5. The highest BCUT2D eigenvalue weighted by atomic mass is 35.5. The number of carbonyl (C=O) groups excluding carboxylic acids is 1. The number of non-ortho nitro benzene ring substituents is 1. The molecule has 0 aliphatic carbocycles. The Hall–Kier alpha value is -2.56. The molecule has 0 heterocycles. The summed E-state index contributed by atoms with van der Waals surface area (Å²) < 4.78 is 37.7. The fourth-order valence-electron chi connectivity index (χ4n) is 2.50. The molecule has 2 aromatic carbocycles. The minimum absolute atomic E-state index is 0.0142. The maximum absolute atomic E-state index is 13.4. The molecule has 0 amide bonds. The van der Waals surface area contributed by atoms with E-state index in [9.17, 15) is 23.3 Å². The van der Waals surface area contributed by atoms with Gasteiger partial charge in [0.1, 0.15) is 22.9 Å². The number of nitro benzene ring substituents is 1. The van der Waals surface area contributed by atoms with Crippen molar-refractivity contribution in [1.29, 1.82) is 0 Å². The van der Waals surface area contributed by atoms with E-state index in [4.69, 9.17) is 32.7 Å². The maximum atomic E-state index is 13.4. The van der Waals surface area contributed by atoms with Gasteiger partial charge >= 0.3 is 5.97 Å². The normalized spacial score (nSPS) is 11.3. The summed E-state index contributed by atoms with van der Waals surface area (Å²) in [7, 11) is -3.24. The van der Waals surface area contributed by atoms with E-state index in [1.54, 1.807) is 13.8 Å². The predicted molar refractivity (Wildman–Crippen MR) is 112 cm³/mol. The van der Waals surface area contributed by atoms with Crippen molar-refractivity contribution in [2.45, 2.75) is 24.8 Å². The van der Waals surface area contributed by atoms with Crippen LogP contribution in [0.5, 0.6) is 5.75 Å². The van der Waals surface area contributed by atoms with Crippen molar-refractivity contribution in [3.05, 3.63) is 56.6 Å². The molecule has 12 heteroatoms. The fourth-order valence-corrected chi connectivity index (χ4v) is 4.65. The van der Waals surface area contributed by atoms with Gasteiger partial charge in [-0.2, -0.15) is 0 Å². The molecule has 0 unspecified atom stereocenters. The Kier molecular flexibility index (Phi) is 7.51. The topological polar surface area (TPSA) is 116 Å². The average molecular weight is 477 g/mol. The van der Waals surface area contributed by atoms with Crippen LogP contribution in [0.1, 0.15) is 13.8 Å². The van der Waals surface area contributed by atoms with Crippen molar-refractivity contribution in [3.8, 4) is 5.75 Å². The highest BCUT2D eigenvalue weighted by Gasteiger charge is 2.33. The SMILES string of the molecule is COc1ccc([N+](=O)[O-])cc1N(CC(=O)OC(C)C)S(=O)(=O)c1cc(Cl)ccc1Cl. The smallest absolute Gasteiger partial charge is 0.327 e. The first-order valence-electron chi connectivity index (χ1n) is 8.47. The van der Waals surface area contributed by atoms with E-state index in [1.807, 2.05) is 0 Å². The molecular weight excluding hydrogens is 459 g/mol. The lowest BCUT2D eigenvalue weighted by atomic mass is 10.2. The van der Waals surface area contributed by atoms with E-state index in [0.717, 1.165) is 18.2 Å². The van der Waals surface area contributed by atoms with Crippen LogP contribution in [0.25, 0.3) is 0 Å². The van der Waals surface area contributed by atoms with Gasteiger partial charge in [0.2, 0.25) is 0 Å². The van der Waals surface area contributed by atoms with Gasteiger partial charge in [-0.25, -0.2) is 8.42 Å².